The van der Waals surface area contributed by atoms with Crippen LogP contribution in [0.1, 0.15) is 42.4 Å². The number of amides is 3. The Kier molecular flexibility index (Phi) is 9.47. The lowest BCUT2D eigenvalue weighted by Gasteiger charge is -2.40. The Labute approximate surface area is 239 Å². The number of nitrogens with zero attached hydrogens (tertiary/aromatic N) is 2. The summed E-state index contributed by atoms with van der Waals surface area (Å²) in [5.41, 5.74) is -2.71. The molecular weight excluding hydrogens is 568 g/mol. The van der Waals surface area contributed by atoms with Gasteiger partial charge in [-0.05, 0) is 73.4 Å². The molecule has 3 amide bonds. The van der Waals surface area contributed by atoms with Crippen molar-refractivity contribution in [1.82, 2.24) is 9.80 Å². The summed E-state index contributed by atoms with van der Waals surface area (Å²) in [5.74, 6) is 1.84. The van der Waals surface area contributed by atoms with E-state index in [1.807, 2.05) is 11.0 Å². The molecule has 0 aromatic heterocycles. The van der Waals surface area contributed by atoms with Crippen molar-refractivity contribution in [1.29, 1.82) is 0 Å². The molecule has 4 rings (SSSR count). The number of nitrogens with one attached hydrogen (secondary N) is 1. The normalized spacial score (nSPS) is 17.2. The van der Waals surface area contributed by atoms with Gasteiger partial charge in [0.1, 0.15) is 0 Å². The van der Waals surface area contributed by atoms with Gasteiger partial charge in [0.25, 0.3) is 0 Å². The molecule has 0 bridgehead atoms. The topological polar surface area (TPSA) is 71.1 Å². The maximum absolute atomic E-state index is 13.1. The van der Waals surface area contributed by atoms with Gasteiger partial charge in [0, 0.05) is 31.9 Å². The van der Waals surface area contributed by atoms with E-state index in [9.17, 15) is 35.9 Å². The second-order valence-electron chi connectivity index (χ2n) is 10.6. The van der Waals surface area contributed by atoms with Crippen LogP contribution in [0.3, 0.4) is 0 Å². The monoisotopic (exact) mass is 601 g/mol. The fraction of sp³-hybridized carbons (Fsp3) is 0.517. The van der Waals surface area contributed by atoms with Crippen LogP contribution in [0.25, 0.3) is 0 Å². The summed E-state index contributed by atoms with van der Waals surface area (Å²) < 4.78 is 89.4. The first kappa shape index (κ1) is 31.3. The molecule has 230 valence electrons. The number of carbonyl (C=O) groups excluding carboxylic acids is 2. The largest absolute Gasteiger partial charge is 0.493 e. The van der Waals surface area contributed by atoms with Crippen LogP contribution < -0.4 is 14.8 Å². The Morgan fingerprint density at radius 3 is 1.74 bits per heavy atom. The fourth-order valence-corrected chi connectivity index (χ4v) is 5.70. The average Bonchev–Trinajstić information content (AvgIpc) is 2.96. The summed E-state index contributed by atoms with van der Waals surface area (Å²) >= 11 is 0. The number of alkyl halides is 6. The smallest absolute Gasteiger partial charge is 0.416 e. The van der Waals surface area contributed by atoms with E-state index >= 15 is 0 Å². The van der Waals surface area contributed by atoms with E-state index in [0.717, 1.165) is 18.4 Å². The van der Waals surface area contributed by atoms with Crippen molar-refractivity contribution in [2.45, 2.75) is 44.5 Å². The molecule has 2 saturated heterocycles. The Balaban J connectivity index is 1.27. The molecule has 2 aromatic rings. The third-order valence-electron chi connectivity index (χ3n) is 8.03. The lowest BCUT2D eigenvalue weighted by molar-refractivity contribution is -0.143. The van der Waals surface area contributed by atoms with E-state index < -0.39 is 35.2 Å². The Hall–Kier alpha value is -3.64. The van der Waals surface area contributed by atoms with Gasteiger partial charge in [0.2, 0.25) is 5.91 Å². The van der Waals surface area contributed by atoms with Crippen LogP contribution in [0.15, 0.2) is 36.4 Å². The van der Waals surface area contributed by atoms with E-state index in [0.29, 0.717) is 74.5 Å². The molecule has 1 N–H and O–H groups in total. The number of urea groups is 1. The van der Waals surface area contributed by atoms with Crippen LogP contribution in [0.4, 0.5) is 36.8 Å². The molecule has 0 aliphatic carbocycles. The highest BCUT2D eigenvalue weighted by Crippen LogP contribution is 2.38. The second-order valence-corrected chi connectivity index (χ2v) is 10.6. The van der Waals surface area contributed by atoms with Crippen molar-refractivity contribution in [2.24, 2.45) is 11.8 Å². The number of halogens is 6. The highest BCUT2D eigenvalue weighted by atomic mass is 19.4. The number of rotatable bonds is 6. The van der Waals surface area contributed by atoms with Gasteiger partial charge in [-0.1, -0.05) is 6.07 Å². The number of carbonyl (C=O) groups is 2. The maximum Gasteiger partial charge on any atom is 0.416 e. The van der Waals surface area contributed by atoms with Crippen LogP contribution in [0, 0.1) is 11.8 Å². The zero-order chi connectivity index (χ0) is 30.7. The van der Waals surface area contributed by atoms with Crippen molar-refractivity contribution < 1.29 is 45.4 Å². The van der Waals surface area contributed by atoms with Crippen LogP contribution in [0.5, 0.6) is 11.5 Å². The zero-order valence-corrected chi connectivity index (χ0v) is 23.3. The van der Waals surface area contributed by atoms with Crippen LogP contribution >= 0.6 is 0 Å². The Morgan fingerprint density at radius 2 is 1.26 bits per heavy atom. The summed E-state index contributed by atoms with van der Waals surface area (Å²) in [5, 5.41) is 2.21. The summed E-state index contributed by atoms with van der Waals surface area (Å²) in [4.78, 5) is 28.9. The minimum Gasteiger partial charge on any atom is -0.493 e. The molecule has 0 spiro atoms. The molecule has 0 unspecified atom stereocenters. The number of likely N-dealkylation sites (tertiary alicyclic amines) is 2. The predicted octanol–water partition coefficient (Wildman–Crippen LogP) is 6.47. The molecule has 2 aliphatic rings. The predicted molar refractivity (Wildman–Crippen MR) is 142 cm³/mol. The van der Waals surface area contributed by atoms with Crippen molar-refractivity contribution in [3.8, 4) is 11.5 Å². The van der Waals surface area contributed by atoms with E-state index in [4.69, 9.17) is 9.47 Å². The van der Waals surface area contributed by atoms with Gasteiger partial charge < -0.3 is 24.6 Å². The number of piperidine rings is 2. The third kappa shape index (κ3) is 7.60. The van der Waals surface area contributed by atoms with Gasteiger partial charge in [-0.3, -0.25) is 4.79 Å². The first-order valence-electron chi connectivity index (χ1n) is 13.6. The van der Waals surface area contributed by atoms with Crippen LogP contribution in [0.2, 0.25) is 0 Å². The van der Waals surface area contributed by atoms with Gasteiger partial charge >= 0.3 is 18.4 Å². The minimum atomic E-state index is -5.00. The molecule has 13 heteroatoms. The molecule has 7 nitrogen and oxygen atoms in total. The third-order valence-corrected chi connectivity index (χ3v) is 8.03. The molecule has 2 aromatic carbocycles. The number of ether oxygens (including phenoxy) is 2. The highest BCUT2D eigenvalue weighted by molar-refractivity contribution is 5.89. The summed E-state index contributed by atoms with van der Waals surface area (Å²) in [6.07, 6.45) is -6.79. The van der Waals surface area contributed by atoms with Crippen molar-refractivity contribution in [2.75, 3.05) is 45.7 Å². The first-order chi connectivity index (χ1) is 19.8. The summed E-state index contributed by atoms with van der Waals surface area (Å²) in [6, 6.07) is 5.67. The van der Waals surface area contributed by atoms with E-state index in [-0.39, 0.29) is 18.4 Å². The number of methoxy groups -OCH3 is 2. The Morgan fingerprint density at radius 1 is 0.762 bits per heavy atom. The average molecular weight is 602 g/mol. The lowest BCUT2D eigenvalue weighted by atomic mass is 9.79. The van der Waals surface area contributed by atoms with Crippen LogP contribution in [-0.2, 0) is 23.6 Å². The molecule has 0 saturated carbocycles. The first-order valence-corrected chi connectivity index (χ1v) is 13.6. The fourth-order valence-electron chi connectivity index (χ4n) is 5.70. The molecule has 42 heavy (non-hydrogen) atoms. The Bertz CT molecular complexity index is 1230. The van der Waals surface area contributed by atoms with Gasteiger partial charge in [-0.15, -0.1) is 0 Å². The number of anilines is 1. The molecular formula is C29H33F6N3O4. The van der Waals surface area contributed by atoms with E-state index in [2.05, 4.69) is 5.32 Å². The molecule has 2 aliphatic heterocycles. The summed E-state index contributed by atoms with van der Waals surface area (Å²) in [6.45, 7) is 1.91. The van der Waals surface area contributed by atoms with E-state index in [1.54, 1.807) is 19.2 Å². The SMILES string of the molecule is COc1ccc(CC(=O)N2CCC(C3CCN(C(=O)Nc4cc(C(F)(F)F)cc(C(F)(F)F)c4)CC3)CC2)cc1OC. The molecule has 0 radical (unpaired) electrons. The number of hydrogen-bond acceptors (Lipinski definition) is 4. The lowest BCUT2D eigenvalue weighted by Crippen LogP contribution is -2.45. The zero-order valence-electron chi connectivity index (χ0n) is 23.3. The summed E-state index contributed by atoms with van der Waals surface area (Å²) in [7, 11) is 3.08. The number of benzene rings is 2. The molecule has 0 atom stereocenters. The van der Waals surface area contributed by atoms with Crippen LogP contribution in [-0.4, -0.2) is 62.1 Å². The maximum atomic E-state index is 13.1. The molecule has 2 heterocycles. The van der Waals surface area contributed by atoms with Gasteiger partial charge in [-0.2, -0.15) is 26.3 Å². The number of hydrogen-bond donors (Lipinski definition) is 1. The van der Waals surface area contributed by atoms with Gasteiger partial charge in [0.05, 0.1) is 31.8 Å². The minimum absolute atomic E-state index is 0.0235. The standard InChI is InChI=1S/C29H33F6N3O4/c1-41-24-4-3-18(13-25(24)42-2)14-26(39)37-9-5-19(6-10-37)20-7-11-38(12-8-20)27(40)36-23-16-21(28(30,31)32)15-22(17-23)29(33,34)35/h3-4,13,15-17,19-20H,5-12,14H2,1-2H3,(H,36,40). The van der Waals surface area contributed by atoms with Gasteiger partial charge in [0.15, 0.2) is 11.5 Å². The van der Waals surface area contributed by atoms with Gasteiger partial charge in [-0.25, -0.2) is 4.79 Å². The second kappa shape index (κ2) is 12.7. The van der Waals surface area contributed by atoms with Crippen molar-refractivity contribution in [3.05, 3.63) is 53.1 Å². The van der Waals surface area contributed by atoms with E-state index in [1.165, 1.54) is 12.0 Å². The highest BCUT2D eigenvalue weighted by Gasteiger charge is 2.37. The molecule has 2 fully saturated rings. The van der Waals surface area contributed by atoms with Crippen molar-refractivity contribution in [3.63, 3.8) is 0 Å². The quantitative estimate of drug-likeness (QED) is 0.386. The van der Waals surface area contributed by atoms with Crippen molar-refractivity contribution >= 4 is 17.6 Å².